The average molecular weight is 288 g/mol. The number of benzene rings is 1. The van der Waals surface area contributed by atoms with Gasteiger partial charge in [0.05, 0.1) is 11.1 Å². The average Bonchev–Trinajstić information content (AvgIpc) is 2.29. The van der Waals surface area contributed by atoms with Gasteiger partial charge in [0.1, 0.15) is 0 Å². The highest BCUT2D eigenvalue weighted by Crippen LogP contribution is 2.36. The van der Waals surface area contributed by atoms with Crippen LogP contribution in [0.5, 0.6) is 0 Å². The molecule has 1 aromatic carbocycles. The molecule has 7 heteroatoms. The first-order valence-electron chi connectivity index (χ1n) is 5.54. The normalized spacial score (nSPS) is 11.8. The van der Waals surface area contributed by atoms with Crippen molar-refractivity contribution < 1.29 is 31.4 Å². The summed E-state index contributed by atoms with van der Waals surface area (Å²) in [7, 11) is 0. The highest BCUT2D eigenvalue weighted by Gasteiger charge is 2.36. The van der Waals surface area contributed by atoms with Crippen LogP contribution in [0.4, 0.5) is 26.3 Å². The first kappa shape index (κ1) is 17.8. The third-order valence-corrected chi connectivity index (χ3v) is 2.05. The number of halogens is 6. The summed E-state index contributed by atoms with van der Waals surface area (Å²) < 4.78 is 74.1. The molecule has 0 aliphatic heterocycles. The number of hydrogen-bond donors (Lipinski definition) is 1. The second kappa shape index (κ2) is 6.79. The van der Waals surface area contributed by atoms with Crippen LogP contribution >= 0.6 is 0 Å². The Morgan fingerprint density at radius 2 is 1.21 bits per heavy atom. The monoisotopic (exact) mass is 288 g/mol. The number of aliphatic hydroxyl groups excluding tert-OH is 1. The minimum absolute atomic E-state index is 0.0564. The molecule has 0 fully saturated rings. The van der Waals surface area contributed by atoms with Crippen LogP contribution < -0.4 is 0 Å². The Morgan fingerprint density at radius 1 is 0.842 bits per heavy atom. The second-order valence-corrected chi connectivity index (χ2v) is 3.39. The fourth-order valence-electron chi connectivity index (χ4n) is 1.29. The maximum absolute atomic E-state index is 12.3. The largest absolute Gasteiger partial charge is 0.416 e. The van der Waals surface area contributed by atoms with Gasteiger partial charge >= 0.3 is 12.4 Å². The summed E-state index contributed by atoms with van der Waals surface area (Å²) in [6.07, 6.45) is -9.94. The molecule has 0 spiro atoms. The molecule has 1 rings (SSSR count). The Bertz CT molecular complexity index is 362. The third-order valence-electron chi connectivity index (χ3n) is 2.05. The molecule has 1 N–H and O–H groups in total. The number of aliphatic hydroxyl groups is 1. The Labute approximate surface area is 106 Å². The van der Waals surface area contributed by atoms with Gasteiger partial charge in [0.25, 0.3) is 0 Å². The lowest BCUT2D eigenvalue weighted by atomic mass is 10.0. The topological polar surface area (TPSA) is 20.2 Å². The van der Waals surface area contributed by atoms with E-state index in [1.54, 1.807) is 0 Å². The van der Waals surface area contributed by atoms with Crippen molar-refractivity contribution >= 4 is 0 Å². The zero-order valence-corrected chi connectivity index (χ0v) is 10.4. The van der Waals surface area contributed by atoms with Crippen LogP contribution in [-0.2, 0) is 18.8 Å². The van der Waals surface area contributed by atoms with Crippen molar-refractivity contribution in [2.24, 2.45) is 0 Å². The molecule has 110 valence electrons. The van der Waals surface area contributed by atoms with Crippen molar-refractivity contribution in [3.63, 3.8) is 0 Å². The second-order valence-electron chi connectivity index (χ2n) is 3.39. The number of alkyl halides is 6. The lowest BCUT2D eigenvalue weighted by Gasteiger charge is -2.13. The van der Waals surface area contributed by atoms with Crippen molar-refractivity contribution in [3.8, 4) is 0 Å². The maximum atomic E-state index is 12.3. The molecule has 0 aliphatic carbocycles. The van der Waals surface area contributed by atoms with Crippen LogP contribution in [0.15, 0.2) is 18.2 Å². The molecule has 0 radical (unpaired) electrons. The van der Waals surface area contributed by atoms with Crippen LogP contribution in [0.1, 0.15) is 30.5 Å². The lowest BCUT2D eigenvalue weighted by molar-refractivity contribution is -0.143. The Balaban J connectivity index is 0.00000154. The lowest BCUT2D eigenvalue weighted by Crippen LogP contribution is -2.12. The molecular formula is C12H14F6O. The molecule has 0 atom stereocenters. The van der Waals surface area contributed by atoms with Crippen molar-refractivity contribution in [1.82, 2.24) is 0 Å². The van der Waals surface area contributed by atoms with Crippen molar-refractivity contribution in [3.05, 3.63) is 34.9 Å². The predicted octanol–water partition coefficient (Wildman–Crippen LogP) is 4.29. The standard InChI is InChI=1S/C10H8F6O.C2H6/c11-9(12,13)7-3-6(1-2-17)4-8(5-7)10(14,15)16;1-2/h3-5,17H,1-2H2;1-2H3. The van der Waals surface area contributed by atoms with Crippen LogP contribution in [0.3, 0.4) is 0 Å². The van der Waals surface area contributed by atoms with Crippen molar-refractivity contribution in [2.75, 3.05) is 6.61 Å². The summed E-state index contributed by atoms with van der Waals surface area (Å²) in [5.74, 6) is 0. The van der Waals surface area contributed by atoms with E-state index >= 15 is 0 Å². The molecule has 0 bridgehead atoms. The Kier molecular flexibility index (Phi) is 6.35. The quantitative estimate of drug-likeness (QED) is 0.805. The first-order valence-corrected chi connectivity index (χ1v) is 5.54. The highest BCUT2D eigenvalue weighted by molar-refractivity contribution is 5.33. The minimum Gasteiger partial charge on any atom is -0.396 e. The van der Waals surface area contributed by atoms with Gasteiger partial charge in [0.15, 0.2) is 0 Å². The summed E-state index contributed by atoms with van der Waals surface area (Å²) in [6.45, 7) is 3.48. The molecule has 0 aliphatic rings. The number of rotatable bonds is 2. The smallest absolute Gasteiger partial charge is 0.396 e. The van der Waals surface area contributed by atoms with Crippen molar-refractivity contribution in [1.29, 1.82) is 0 Å². The van der Waals surface area contributed by atoms with E-state index in [1.165, 1.54) is 0 Å². The first-order chi connectivity index (χ1) is 8.64. The molecule has 0 unspecified atom stereocenters. The summed E-state index contributed by atoms with van der Waals surface area (Å²) in [4.78, 5) is 0. The fourth-order valence-corrected chi connectivity index (χ4v) is 1.29. The van der Waals surface area contributed by atoms with Gasteiger partial charge in [-0.3, -0.25) is 0 Å². The summed E-state index contributed by atoms with van der Waals surface area (Å²) >= 11 is 0. The molecule has 1 nitrogen and oxygen atoms in total. The zero-order chi connectivity index (χ0) is 15.3. The summed E-state index contributed by atoms with van der Waals surface area (Å²) in [5.41, 5.74) is -2.93. The fraction of sp³-hybridized carbons (Fsp3) is 0.500. The van der Waals surface area contributed by atoms with Crippen LogP contribution in [0, 0.1) is 0 Å². The molecule has 1 aromatic rings. The molecule has 0 heterocycles. The van der Waals surface area contributed by atoms with Gasteiger partial charge in [-0.1, -0.05) is 13.8 Å². The molecular weight excluding hydrogens is 274 g/mol. The van der Waals surface area contributed by atoms with E-state index in [-0.39, 0.29) is 18.1 Å². The van der Waals surface area contributed by atoms with E-state index in [4.69, 9.17) is 5.11 Å². The van der Waals surface area contributed by atoms with E-state index in [2.05, 4.69) is 0 Å². The van der Waals surface area contributed by atoms with Crippen LogP contribution in [0.25, 0.3) is 0 Å². The van der Waals surface area contributed by atoms with Crippen LogP contribution in [-0.4, -0.2) is 11.7 Å². The Hall–Kier alpha value is -1.24. The van der Waals surface area contributed by atoms with Gasteiger partial charge in [-0.25, -0.2) is 0 Å². The van der Waals surface area contributed by atoms with Gasteiger partial charge < -0.3 is 5.11 Å². The molecule has 19 heavy (non-hydrogen) atoms. The maximum Gasteiger partial charge on any atom is 0.416 e. The van der Waals surface area contributed by atoms with E-state index in [9.17, 15) is 26.3 Å². The molecule has 0 amide bonds. The van der Waals surface area contributed by atoms with E-state index in [0.717, 1.165) is 0 Å². The predicted molar refractivity (Wildman–Crippen MR) is 58.6 cm³/mol. The Morgan fingerprint density at radius 3 is 1.47 bits per heavy atom. The minimum atomic E-state index is -4.84. The van der Waals surface area contributed by atoms with E-state index < -0.39 is 30.1 Å². The third kappa shape index (κ3) is 5.50. The highest BCUT2D eigenvalue weighted by atomic mass is 19.4. The summed E-state index contributed by atoms with van der Waals surface area (Å²) in [6, 6.07) is 1.26. The number of hydrogen-bond acceptors (Lipinski definition) is 1. The SMILES string of the molecule is CC.OCCc1cc(C(F)(F)F)cc(C(F)(F)F)c1. The van der Waals surface area contributed by atoms with Gasteiger partial charge in [-0.2, -0.15) is 26.3 Å². The summed E-state index contributed by atoms with van der Waals surface area (Å²) in [5, 5.41) is 8.54. The molecule has 0 aromatic heterocycles. The van der Waals surface area contributed by atoms with Crippen LogP contribution in [0.2, 0.25) is 0 Å². The van der Waals surface area contributed by atoms with E-state index in [0.29, 0.717) is 12.1 Å². The molecule has 0 saturated heterocycles. The van der Waals surface area contributed by atoms with Crippen molar-refractivity contribution in [2.45, 2.75) is 32.6 Å². The molecule has 0 saturated carbocycles. The van der Waals surface area contributed by atoms with Gasteiger partial charge in [-0.05, 0) is 30.2 Å². The van der Waals surface area contributed by atoms with Gasteiger partial charge in [0.2, 0.25) is 0 Å². The zero-order valence-electron chi connectivity index (χ0n) is 10.4. The van der Waals surface area contributed by atoms with Gasteiger partial charge in [-0.15, -0.1) is 0 Å². The van der Waals surface area contributed by atoms with Gasteiger partial charge in [0, 0.05) is 6.61 Å². The van der Waals surface area contributed by atoms with E-state index in [1.807, 2.05) is 13.8 Å².